The molecule has 0 saturated carbocycles. The second-order valence-electron chi connectivity index (χ2n) is 3.23. The van der Waals surface area contributed by atoms with Crippen LogP contribution in [0.25, 0.3) is 0 Å². The molecule has 2 unspecified atom stereocenters. The molecule has 1 rings (SSSR count). The predicted molar refractivity (Wildman–Crippen MR) is 60.2 cm³/mol. The molecule has 0 saturated heterocycles. The molecule has 0 heterocycles. The lowest BCUT2D eigenvalue weighted by atomic mass is 10.0. The number of halogens is 2. The van der Waals surface area contributed by atoms with E-state index < -0.39 is 18.0 Å². The van der Waals surface area contributed by atoms with Gasteiger partial charge in [-0.3, -0.25) is 0 Å². The van der Waals surface area contributed by atoms with Crippen LogP contribution in [0.3, 0.4) is 0 Å². The number of aliphatic hydroxyl groups is 2. The Morgan fingerprint density at radius 1 is 1.40 bits per heavy atom. The normalized spacial score (nSPS) is 14.9. The third-order valence-electron chi connectivity index (χ3n) is 2.17. The van der Waals surface area contributed by atoms with E-state index in [-0.39, 0.29) is 11.3 Å². The topological polar surface area (TPSA) is 66.5 Å². The highest BCUT2D eigenvalue weighted by Gasteiger charge is 2.20. The first kappa shape index (κ1) is 12.4. The van der Waals surface area contributed by atoms with Crippen molar-refractivity contribution in [1.82, 2.24) is 0 Å². The Morgan fingerprint density at radius 2 is 2.07 bits per heavy atom. The number of hydrogen-bond donors (Lipinski definition) is 3. The fraction of sp³-hybridized carbons (Fsp3) is 0.400. The van der Waals surface area contributed by atoms with E-state index >= 15 is 0 Å². The van der Waals surface area contributed by atoms with Crippen molar-refractivity contribution in [2.24, 2.45) is 0 Å². The number of para-hydroxylation sites is 1. The highest BCUT2D eigenvalue weighted by molar-refractivity contribution is 9.09. The fourth-order valence-electron chi connectivity index (χ4n) is 1.29. The van der Waals surface area contributed by atoms with Crippen LogP contribution in [0.15, 0.2) is 18.2 Å². The van der Waals surface area contributed by atoms with Crippen LogP contribution in [0.2, 0.25) is 0 Å². The number of hydrogen-bond acceptors (Lipinski definition) is 3. The van der Waals surface area contributed by atoms with E-state index in [9.17, 15) is 14.6 Å². The lowest BCUT2D eigenvalue weighted by Crippen LogP contribution is -2.20. The van der Waals surface area contributed by atoms with Crippen molar-refractivity contribution in [3.8, 4) is 0 Å². The maximum atomic E-state index is 13.1. The summed E-state index contributed by atoms with van der Waals surface area (Å²) in [6.07, 6.45) is -1.73. The maximum absolute atomic E-state index is 13.1. The summed E-state index contributed by atoms with van der Waals surface area (Å²) >= 11 is 3.15. The number of nitrogens with two attached hydrogens (primary N) is 1. The number of nitrogen functional groups attached to an aromatic ring is 1. The van der Waals surface area contributed by atoms with E-state index in [4.69, 9.17) is 5.73 Å². The van der Waals surface area contributed by atoms with Crippen LogP contribution in [-0.4, -0.2) is 21.6 Å². The van der Waals surface area contributed by atoms with Gasteiger partial charge < -0.3 is 15.9 Å². The average molecular weight is 278 g/mol. The zero-order valence-corrected chi connectivity index (χ0v) is 9.61. The van der Waals surface area contributed by atoms with Gasteiger partial charge in [0.2, 0.25) is 0 Å². The molecule has 2 atom stereocenters. The number of benzene rings is 1. The number of alkyl halides is 1. The Hall–Kier alpha value is -0.650. The lowest BCUT2D eigenvalue weighted by Gasteiger charge is -2.18. The van der Waals surface area contributed by atoms with E-state index in [1.54, 1.807) is 0 Å². The van der Waals surface area contributed by atoms with Gasteiger partial charge in [-0.1, -0.05) is 28.1 Å². The van der Waals surface area contributed by atoms with E-state index in [1.165, 1.54) is 18.2 Å². The van der Waals surface area contributed by atoms with Crippen LogP contribution < -0.4 is 5.73 Å². The fourth-order valence-corrected chi connectivity index (χ4v) is 1.76. The third-order valence-corrected chi connectivity index (χ3v) is 2.63. The third kappa shape index (κ3) is 2.90. The molecule has 0 bridgehead atoms. The van der Waals surface area contributed by atoms with Crippen LogP contribution in [-0.2, 0) is 0 Å². The highest BCUT2D eigenvalue weighted by Crippen LogP contribution is 2.26. The van der Waals surface area contributed by atoms with Crippen molar-refractivity contribution in [2.45, 2.75) is 18.6 Å². The minimum Gasteiger partial charge on any atom is -0.396 e. The van der Waals surface area contributed by atoms with Gasteiger partial charge in [-0.05, 0) is 12.5 Å². The van der Waals surface area contributed by atoms with Gasteiger partial charge >= 0.3 is 0 Å². The van der Waals surface area contributed by atoms with Crippen LogP contribution in [0.4, 0.5) is 10.1 Å². The van der Waals surface area contributed by atoms with Gasteiger partial charge in [-0.25, -0.2) is 4.39 Å². The van der Waals surface area contributed by atoms with Gasteiger partial charge in [-0.2, -0.15) is 0 Å². The smallest absolute Gasteiger partial charge is 0.146 e. The molecule has 1 aromatic rings. The first-order chi connectivity index (χ1) is 7.07. The Labute approximate surface area is 95.9 Å². The van der Waals surface area contributed by atoms with Crippen LogP contribution in [0, 0.1) is 5.82 Å². The van der Waals surface area contributed by atoms with Gasteiger partial charge in [0.25, 0.3) is 0 Å². The van der Waals surface area contributed by atoms with Crippen molar-refractivity contribution in [1.29, 1.82) is 0 Å². The monoisotopic (exact) mass is 277 g/mol. The Balaban J connectivity index is 2.90. The van der Waals surface area contributed by atoms with Crippen LogP contribution >= 0.6 is 15.9 Å². The molecule has 1 aromatic carbocycles. The molecule has 0 aliphatic heterocycles. The van der Waals surface area contributed by atoms with Crippen molar-refractivity contribution >= 4 is 21.6 Å². The molecule has 4 N–H and O–H groups in total. The molecule has 0 aliphatic carbocycles. The lowest BCUT2D eigenvalue weighted by molar-refractivity contribution is 0.0177. The van der Waals surface area contributed by atoms with Crippen LogP contribution in [0.1, 0.15) is 18.1 Å². The van der Waals surface area contributed by atoms with Crippen molar-refractivity contribution in [3.05, 3.63) is 29.6 Å². The molecule has 15 heavy (non-hydrogen) atoms. The molecule has 84 valence electrons. The quantitative estimate of drug-likeness (QED) is 0.578. The SMILES string of the molecule is Nc1c(F)cccc1C(O)C(O)CCBr. The van der Waals surface area contributed by atoms with Crippen molar-refractivity contribution in [2.75, 3.05) is 11.1 Å². The molecule has 5 heteroatoms. The number of aliphatic hydroxyl groups excluding tert-OH is 2. The summed E-state index contributed by atoms with van der Waals surface area (Å²) in [5.74, 6) is -0.586. The molecular formula is C10H13BrFNO2. The van der Waals surface area contributed by atoms with Gasteiger partial charge in [0.1, 0.15) is 11.9 Å². The zero-order chi connectivity index (χ0) is 11.4. The molecule has 0 fully saturated rings. The highest BCUT2D eigenvalue weighted by atomic mass is 79.9. The molecule has 0 amide bonds. The number of rotatable bonds is 4. The summed E-state index contributed by atoms with van der Waals surface area (Å²) in [7, 11) is 0. The Bertz CT molecular complexity index is 335. The van der Waals surface area contributed by atoms with Gasteiger partial charge in [-0.15, -0.1) is 0 Å². The summed E-state index contributed by atoms with van der Waals surface area (Å²) in [6, 6.07) is 4.16. The molecule has 0 aliphatic rings. The molecule has 0 aromatic heterocycles. The largest absolute Gasteiger partial charge is 0.396 e. The predicted octanol–water partition coefficient (Wildman–Crippen LogP) is 1.59. The van der Waals surface area contributed by atoms with Crippen LogP contribution in [0.5, 0.6) is 0 Å². The zero-order valence-electron chi connectivity index (χ0n) is 8.03. The van der Waals surface area contributed by atoms with E-state index in [0.29, 0.717) is 11.8 Å². The number of anilines is 1. The Morgan fingerprint density at radius 3 is 2.67 bits per heavy atom. The summed E-state index contributed by atoms with van der Waals surface area (Å²) < 4.78 is 13.1. The molecule has 0 radical (unpaired) electrons. The molecular weight excluding hydrogens is 265 g/mol. The summed E-state index contributed by atoms with van der Waals surface area (Å²) in [6.45, 7) is 0. The molecule has 3 nitrogen and oxygen atoms in total. The second-order valence-corrected chi connectivity index (χ2v) is 4.03. The second kappa shape index (κ2) is 5.44. The summed E-state index contributed by atoms with van der Waals surface area (Å²) in [5, 5.41) is 19.8. The Kier molecular flexibility index (Phi) is 4.50. The molecule has 0 spiro atoms. The summed E-state index contributed by atoms with van der Waals surface area (Å²) in [4.78, 5) is 0. The van der Waals surface area contributed by atoms with Gasteiger partial charge in [0.05, 0.1) is 11.8 Å². The van der Waals surface area contributed by atoms with Gasteiger partial charge in [0, 0.05) is 10.9 Å². The van der Waals surface area contributed by atoms with Crippen molar-refractivity contribution < 1.29 is 14.6 Å². The minimum absolute atomic E-state index is 0.112. The van der Waals surface area contributed by atoms with Gasteiger partial charge in [0.15, 0.2) is 0 Å². The first-order valence-electron chi connectivity index (χ1n) is 4.54. The minimum atomic E-state index is -1.15. The first-order valence-corrected chi connectivity index (χ1v) is 5.66. The van der Waals surface area contributed by atoms with Crippen molar-refractivity contribution in [3.63, 3.8) is 0 Å². The standard InChI is InChI=1S/C10H13BrFNO2/c11-5-4-8(14)10(15)6-2-1-3-7(12)9(6)13/h1-3,8,10,14-15H,4-5,13H2. The van der Waals surface area contributed by atoms with E-state index in [0.717, 1.165) is 0 Å². The maximum Gasteiger partial charge on any atom is 0.146 e. The van der Waals surface area contributed by atoms with E-state index in [1.807, 2.05) is 0 Å². The van der Waals surface area contributed by atoms with E-state index in [2.05, 4.69) is 15.9 Å². The average Bonchev–Trinajstić information content (AvgIpc) is 2.21. The summed E-state index contributed by atoms with van der Waals surface area (Å²) in [5.41, 5.74) is 5.57.